The third kappa shape index (κ3) is 5.27. The van der Waals surface area contributed by atoms with Crippen LogP contribution in [0.1, 0.15) is 52.7 Å². The minimum absolute atomic E-state index is 0.0402. The topological polar surface area (TPSA) is 88.8 Å². The highest BCUT2D eigenvalue weighted by atomic mass is 16.2. The Morgan fingerprint density at radius 1 is 1.15 bits per heavy atom. The number of aryl methyl sites for hydroxylation is 4. The quantitative estimate of drug-likeness (QED) is 0.597. The van der Waals surface area contributed by atoms with Crippen LogP contribution in [0.15, 0.2) is 30.5 Å². The van der Waals surface area contributed by atoms with Gasteiger partial charge in [0.15, 0.2) is 0 Å². The minimum Gasteiger partial charge on any atom is -0.339 e. The summed E-state index contributed by atoms with van der Waals surface area (Å²) in [5.74, 6) is 1.56. The fourth-order valence-electron chi connectivity index (χ4n) is 4.41. The van der Waals surface area contributed by atoms with Gasteiger partial charge in [-0.25, -0.2) is 15.0 Å². The minimum atomic E-state index is 0.0402. The van der Waals surface area contributed by atoms with E-state index in [1.807, 2.05) is 68.6 Å². The number of hydrogen-bond acceptors (Lipinski definition) is 6. The summed E-state index contributed by atoms with van der Waals surface area (Å²) in [5.41, 5.74) is 5.98. The lowest BCUT2D eigenvalue weighted by Gasteiger charge is -2.32. The van der Waals surface area contributed by atoms with E-state index < -0.39 is 0 Å². The Labute approximate surface area is 194 Å². The lowest BCUT2D eigenvalue weighted by atomic mass is 9.91. The number of aromatic nitrogens is 5. The molecule has 172 valence electrons. The van der Waals surface area contributed by atoms with Crippen molar-refractivity contribution in [2.45, 2.75) is 46.5 Å². The molecule has 4 heterocycles. The largest absolute Gasteiger partial charge is 0.339 e. The molecule has 1 aliphatic heterocycles. The maximum Gasteiger partial charge on any atom is 0.246 e. The molecule has 0 aliphatic carbocycles. The second-order valence-corrected chi connectivity index (χ2v) is 8.74. The van der Waals surface area contributed by atoms with Crippen molar-refractivity contribution >= 4 is 23.7 Å². The third-order valence-electron chi connectivity index (χ3n) is 6.17. The van der Waals surface area contributed by atoms with E-state index in [2.05, 4.69) is 25.4 Å². The van der Waals surface area contributed by atoms with Gasteiger partial charge < -0.3 is 10.2 Å². The van der Waals surface area contributed by atoms with Crippen molar-refractivity contribution in [1.82, 2.24) is 29.6 Å². The molecule has 1 saturated heterocycles. The van der Waals surface area contributed by atoms with E-state index in [0.717, 1.165) is 53.3 Å². The summed E-state index contributed by atoms with van der Waals surface area (Å²) >= 11 is 0. The van der Waals surface area contributed by atoms with Crippen molar-refractivity contribution in [1.29, 1.82) is 0 Å². The van der Waals surface area contributed by atoms with Crippen LogP contribution >= 0.6 is 0 Å². The standard InChI is InChI=1S/C25H31N7O/c1-16-13-17(2)28-25(27-16)29-23-14-20(10-11-26-23)21-7-6-12-32(15-21)24(33)9-8-22-18(3)30-31(5)19(22)4/h8-11,13-14,21H,6-7,12,15H2,1-5H3,(H,26,27,28,29)/b9-8+/t21-/m0/s1. The zero-order chi connectivity index (χ0) is 23.5. The molecule has 4 rings (SSSR count). The smallest absolute Gasteiger partial charge is 0.246 e. The van der Waals surface area contributed by atoms with Gasteiger partial charge in [-0.05, 0) is 70.4 Å². The zero-order valence-corrected chi connectivity index (χ0v) is 20.0. The molecule has 1 fully saturated rings. The van der Waals surface area contributed by atoms with E-state index in [4.69, 9.17) is 0 Å². The lowest BCUT2D eigenvalue weighted by Crippen LogP contribution is -2.38. The fourth-order valence-corrected chi connectivity index (χ4v) is 4.41. The number of pyridine rings is 1. The zero-order valence-electron chi connectivity index (χ0n) is 20.0. The molecule has 0 bridgehead atoms. The first-order valence-corrected chi connectivity index (χ1v) is 11.3. The van der Waals surface area contributed by atoms with Crippen molar-refractivity contribution in [3.63, 3.8) is 0 Å². The van der Waals surface area contributed by atoms with Crippen LogP contribution in [0.4, 0.5) is 11.8 Å². The number of rotatable bonds is 5. The molecule has 1 aliphatic rings. The number of carbonyl (C=O) groups is 1. The summed E-state index contributed by atoms with van der Waals surface area (Å²) in [5, 5.41) is 7.64. The van der Waals surface area contributed by atoms with E-state index in [1.165, 1.54) is 0 Å². The van der Waals surface area contributed by atoms with Crippen LogP contribution in [0.5, 0.6) is 0 Å². The SMILES string of the molecule is Cc1cc(C)nc(Nc2cc([C@H]3CCCN(C(=O)/C=C/c4c(C)nn(C)c4C)C3)ccn2)n1. The summed E-state index contributed by atoms with van der Waals surface area (Å²) in [4.78, 5) is 28.2. The van der Waals surface area contributed by atoms with Crippen LogP contribution in [0.25, 0.3) is 6.08 Å². The summed E-state index contributed by atoms with van der Waals surface area (Å²) in [6.45, 7) is 9.34. The summed E-state index contributed by atoms with van der Waals surface area (Å²) < 4.78 is 1.84. The fraction of sp³-hybridized carbons (Fsp3) is 0.400. The maximum absolute atomic E-state index is 12.9. The first kappa shape index (κ1) is 22.6. The van der Waals surface area contributed by atoms with Gasteiger partial charge in [0.2, 0.25) is 11.9 Å². The first-order chi connectivity index (χ1) is 15.8. The van der Waals surface area contributed by atoms with Gasteiger partial charge in [-0.2, -0.15) is 5.10 Å². The van der Waals surface area contributed by atoms with Gasteiger partial charge in [0.25, 0.3) is 0 Å². The van der Waals surface area contributed by atoms with Gasteiger partial charge in [0, 0.05) is 61.0 Å². The van der Waals surface area contributed by atoms with Gasteiger partial charge in [0.05, 0.1) is 5.69 Å². The van der Waals surface area contributed by atoms with E-state index in [9.17, 15) is 4.79 Å². The number of likely N-dealkylation sites (tertiary alicyclic amines) is 1. The number of anilines is 2. The average molecular weight is 446 g/mol. The number of nitrogens with zero attached hydrogens (tertiary/aromatic N) is 6. The second-order valence-electron chi connectivity index (χ2n) is 8.74. The van der Waals surface area contributed by atoms with Crippen LogP contribution in [-0.4, -0.2) is 48.6 Å². The number of nitrogens with one attached hydrogen (secondary N) is 1. The molecule has 1 amide bonds. The predicted octanol–water partition coefficient (Wildman–Crippen LogP) is 4.00. The molecule has 1 N–H and O–H groups in total. The van der Waals surface area contributed by atoms with E-state index in [0.29, 0.717) is 18.3 Å². The highest BCUT2D eigenvalue weighted by Crippen LogP contribution is 2.28. The molecular formula is C25H31N7O. The molecule has 33 heavy (non-hydrogen) atoms. The molecule has 0 unspecified atom stereocenters. The predicted molar refractivity (Wildman–Crippen MR) is 129 cm³/mol. The van der Waals surface area contributed by atoms with Crippen molar-refractivity contribution < 1.29 is 4.79 Å². The molecule has 0 radical (unpaired) electrons. The highest BCUT2D eigenvalue weighted by molar-refractivity contribution is 5.92. The monoisotopic (exact) mass is 445 g/mol. The Balaban J connectivity index is 1.45. The average Bonchev–Trinajstić information content (AvgIpc) is 3.02. The molecule has 0 spiro atoms. The Bertz CT molecular complexity index is 1180. The van der Waals surface area contributed by atoms with Crippen LogP contribution in [-0.2, 0) is 11.8 Å². The maximum atomic E-state index is 12.9. The van der Waals surface area contributed by atoms with Crippen molar-refractivity contribution in [2.24, 2.45) is 7.05 Å². The highest BCUT2D eigenvalue weighted by Gasteiger charge is 2.24. The van der Waals surface area contributed by atoms with E-state index in [1.54, 1.807) is 12.3 Å². The Morgan fingerprint density at radius 3 is 2.61 bits per heavy atom. The summed E-state index contributed by atoms with van der Waals surface area (Å²) in [6, 6.07) is 6.01. The van der Waals surface area contributed by atoms with Crippen molar-refractivity contribution in [2.75, 3.05) is 18.4 Å². The molecule has 8 nitrogen and oxygen atoms in total. The van der Waals surface area contributed by atoms with Gasteiger partial charge in [-0.3, -0.25) is 9.48 Å². The van der Waals surface area contributed by atoms with Crippen LogP contribution in [0, 0.1) is 27.7 Å². The van der Waals surface area contributed by atoms with Crippen LogP contribution in [0.2, 0.25) is 0 Å². The second kappa shape index (κ2) is 9.52. The third-order valence-corrected chi connectivity index (χ3v) is 6.17. The van der Waals surface area contributed by atoms with Gasteiger partial charge in [-0.15, -0.1) is 0 Å². The Hall–Kier alpha value is -3.55. The number of piperidine rings is 1. The molecule has 0 saturated carbocycles. The van der Waals surface area contributed by atoms with Gasteiger partial charge in [-0.1, -0.05) is 0 Å². The van der Waals surface area contributed by atoms with Crippen LogP contribution < -0.4 is 5.32 Å². The lowest BCUT2D eigenvalue weighted by molar-refractivity contribution is -0.127. The molecule has 0 aromatic carbocycles. The Morgan fingerprint density at radius 2 is 1.91 bits per heavy atom. The van der Waals surface area contributed by atoms with Gasteiger partial charge in [0.1, 0.15) is 5.82 Å². The summed E-state index contributed by atoms with van der Waals surface area (Å²) in [7, 11) is 1.92. The normalized spacial score (nSPS) is 16.4. The first-order valence-electron chi connectivity index (χ1n) is 11.3. The van der Waals surface area contributed by atoms with Gasteiger partial charge >= 0.3 is 0 Å². The molecule has 1 atom stereocenters. The summed E-state index contributed by atoms with van der Waals surface area (Å²) in [6.07, 6.45) is 7.38. The van der Waals surface area contributed by atoms with E-state index >= 15 is 0 Å². The number of hydrogen-bond donors (Lipinski definition) is 1. The molecule has 3 aromatic rings. The Kier molecular flexibility index (Phi) is 6.53. The van der Waals surface area contributed by atoms with Crippen molar-refractivity contribution in [3.05, 3.63) is 64.4 Å². The molecule has 3 aromatic heterocycles. The molecular weight excluding hydrogens is 414 g/mol. The number of amides is 1. The van der Waals surface area contributed by atoms with Crippen LogP contribution in [0.3, 0.4) is 0 Å². The molecule has 8 heteroatoms. The van der Waals surface area contributed by atoms with E-state index in [-0.39, 0.29) is 11.8 Å². The van der Waals surface area contributed by atoms with Crippen molar-refractivity contribution in [3.8, 4) is 0 Å². The number of carbonyl (C=O) groups excluding carboxylic acids is 1.